The van der Waals surface area contributed by atoms with E-state index in [1.807, 2.05) is 6.08 Å². The fraction of sp³-hybridized carbons (Fsp3) is 0.102. The van der Waals surface area contributed by atoms with Crippen molar-refractivity contribution >= 4 is 28.1 Å². The summed E-state index contributed by atoms with van der Waals surface area (Å²) in [6, 6.07) is 34.6. The molecule has 5 aromatic carbocycles. The second-order valence-electron chi connectivity index (χ2n) is 13.5. The lowest BCUT2D eigenvalue weighted by atomic mass is 9.67. The number of allylic oxidation sites excluding steroid dienone is 12. The van der Waals surface area contributed by atoms with E-state index < -0.39 is 0 Å². The molecule has 1 unspecified atom stereocenters. The van der Waals surface area contributed by atoms with Crippen LogP contribution in [-0.2, 0) is 11.8 Å². The van der Waals surface area contributed by atoms with Gasteiger partial charge in [-0.2, -0.15) is 0 Å². The maximum Gasteiger partial charge on any atom is 0.0501 e. The molecular weight excluding hydrogens is 621 g/mol. The molecule has 1 spiro atoms. The van der Waals surface area contributed by atoms with Crippen LogP contribution >= 0.6 is 11.8 Å². The van der Waals surface area contributed by atoms with Crippen molar-refractivity contribution in [3.8, 4) is 33.4 Å². The Morgan fingerprint density at radius 1 is 0.680 bits per heavy atom. The van der Waals surface area contributed by atoms with Gasteiger partial charge in [-0.3, -0.25) is 0 Å². The number of rotatable bonds is 3. The van der Waals surface area contributed by atoms with Crippen LogP contribution in [0.2, 0.25) is 0 Å². The average Bonchev–Trinajstić information content (AvgIpc) is 3.67. The Bertz CT molecular complexity index is 2470. The van der Waals surface area contributed by atoms with Gasteiger partial charge < -0.3 is 0 Å². The van der Waals surface area contributed by atoms with Crippen molar-refractivity contribution in [2.75, 3.05) is 0 Å². The van der Waals surface area contributed by atoms with E-state index in [2.05, 4.69) is 159 Å². The molecule has 1 heteroatoms. The van der Waals surface area contributed by atoms with Gasteiger partial charge in [-0.05, 0) is 115 Å². The number of hydrogen-bond acceptors (Lipinski definition) is 1. The standard InChI is InChI=1S/C49H38S/c1-4-18-46-33(5-2)19-9-10-20-34(32(3)50-46)38-27-17-29-44-48(38)41-24-13-14-28-43(41)49(44)30-15-7-6-8-23-37-40-26-16-25-39-35-21-11-12-22-36(35)42(47(39)40)31-45(37)49/h4-18,20-22,24-29,31H,2-3,19,23,30H2,1H3/b8-6-,10-9-,15-7-,18-4-,34-20+,46-33-. The third-order valence-corrected chi connectivity index (χ3v) is 12.1. The number of fused-ring (bicyclic) bond motifs is 11. The van der Waals surface area contributed by atoms with Crippen LogP contribution in [0.1, 0.15) is 47.6 Å². The number of benzene rings is 5. The molecule has 240 valence electrons. The van der Waals surface area contributed by atoms with Crippen molar-refractivity contribution in [2.24, 2.45) is 0 Å². The first-order valence-corrected chi connectivity index (χ1v) is 18.4. The summed E-state index contributed by atoms with van der Waals surface area (Å²) < 4.78 is 0. The van der Waals surface area contributed by atoms with Crippen molar-refractivity contribution in [3.05, 3.63) is 208 Å². The zero-order valence-corrected chi connectivity index (χ0v) is 29.2. The fourth-order valence-corrected chi connectivity index (χ4v) is 9.96. The normalized spacial score (nSPS) is 23.3. The highest BCUT2D eigenvalue weighted by molar-refractivity contribution is 8.07. The highest BCUT2D eigenvalue weighted by Gasteiger charge is 2.47. The molecule has 1 aliphatic heterocycles. The van der Waals surface area contributed by atoms with E-state index in [-0.39, 0.29) is 5.41 Å². The van der Waals surface area contributed by atoms with E-state index in [1.165, 1.54) is 88.0 Å². The maximum absolute atomic E-state index is 4.70. The lowest BCUT2D eigenvalue weighted by Crippen LogP contribution is -2.28. The maximum atomic E-state index is 4.70. The molecule has 0 nitrogen and oxygen atoms in total. The van der Waals surface area contributed by atoms with E-state index >= 15 is 0 Å². The topological polar surface area (TPSA) is 0 Å². The summed E-state index contributed by atoms with van der Waals surface area (Å²) >= 11 is 1.75. The Morgan fingerprint density at radius 3 is 2.22 bits per heavy atom. The third-order valence-electron chi connectivity index (χ3n) is 11.0. The van der Waals surface area contributed by atoms with Crippen molar-refractivity contribution in [3.63, 3.8) is 0 Å². The molecular formula is C49H38S. The molecule has 1 heterocycles. The highest BCUT2D eigenvalue weighted by Crippen LogP contribution is 2.60. The SMILES string of the molecule is C=C/C1=C(\C=C/C)SC(=C)/C(c2cccc3c2-c2ccccc2C32C/C=C\C=C/Cc3c2cc2c4c(cccc34)-c3ccccc3-2)=C\C=C/C1. The molecule has 9 rings (SSSR count). The van der Waals surface area contributed by atoms with Crippen LogP contribution in [0, 0.1) is 0 Å². The van der Waals surface area contributed by atoms with Crippen molar-refractivity contribution in [1.29, 1.82) is 0 Å². The lowest BCUT2D eigenvalue weighted by Gasteiger charge is -2.35. The fourth-order valence-electron chi connectivity index (χ4n) is 8.90. The van der Waals surface area contributed by atoms with Gasteiger partial charge in [0.15, 0.2) is 0 Å². The predicted molar refractivity (Wildman–Crippen MR) is 217 cm³/mol. The van der Waals surface area contributed by atoms with Gasteiger partial charge in [0.1, 0.15) is 0 Å². The summed E-state index contributed by atoms with van der Waals surface area (Å²) in [7, 11) is 0. The molecule has 0 amide bonds. The molecule has 0 fully saturated rings. The summed E-state index contributed by atoms with van der Waals surface area (Å²) in [5.74, 6) is 0. The first-order valence-electron chi connectivity index (χ1n) is 17.6. The molecule has 0 bridgehead atoms. The van der Waals surface area contributed by atoms with Crippen LogP contribution in [0.3, 0.4) is 0 Å². The van der Waals surface area contributed by atoms with E-state index in [0.29, 0.717) is 0 Å². The third kappa shape index (κ3) is 4.47. The minimum absolute atomic E-state index is 0.368. The Hall–Kier alpha value is -5.37. The van der Waals surface area contributed by atoms with Crippen LogP contribution in [0.5, 0.6) is 0 Å². The molecule has 0 radical (unpaired) electrons. The first-order chi connectivity index (χ1) is 24.7. The van der Waals surface area contributed by atoms with Gasteiger partial charge in [0.25, 0.3) is 0 Å². The van der Waals surface area contributed by atoms with Crippen LogP contribution in [0.4, 0.5) is 0 Å². The minimum Gasteiger partial charge on any atom is -0.0987 e. The van der Waals surface area contributed by atoms with Gasteiger partial charge in [0, 0.05) is 9.81 Å². The monoisotopic (exact) mass is 658 g/mol. The summed E-state index contributed by atoms with van der Waals surface area (Å²) in [5.41, 5.74) is 16.9. The van der Waals surface area contributed by atoms with E-state index in [4.69, 9.17) is 6.58 Å². The average molecular weight is 659 g/mol. The molecule has 4 aliphatic rings. The van der Waals surface area contributed by atoms with Gasteiger partial charge in [-0.15, -0.1) is 0 Å². The van der Waals surface area contributed by atoms with Crippen molar-refractivity contribution in [1.82, 2.24) is 0 Å². The zero-order valence-electron chi connectivity index (χ0n) is 28.4. The van der Waals surface area contributed by atoms with Gasteiger partial charge in [0.05, 0.1) is 5.41 Å². The summed E-state index contributed by atoms with van der Waals surface area (Å²) in [6.07, 6.45) is 24.8. The van der Waals surface area contributed by atoms with E-state index in [1.54, 1.807) is 11.8 Å². The summed E-state index contributed by atoms with van der Waals surface area (Å²) in [5, 5.41) is 2.76. The van der Waals surface area contributed by atoms with Gasteiger partial charge in [0.2, 0.25) is 0 Å². The van der Waals surface area contributed by atoms with Gasteiger partial charge in [-0.25, -0.2) is 0 Å². The van der Waals surface area contributed by atoms with E-state index in [9.17, 15) is 0 Å². The Kier molecular flexibility index (Phi) is 7.48. The highest BCUT2D eigenvalue weighted by atomic mass is 32.2. The molecule has 0 N–H and O–H groups in total. The second kappa shape index (κ2) is 12.2. The quantitative estimate of drug-likeness (QED) is 0.182. The van der Waals surface area contributed by atoms with Crippen LogP contribution in [-0.4, -0.2) is 0 Å². The molecule has 5 aromatic rings. The number of hydrogen-bond donors (Lipinski definition) is 0. The smallest absolute Gasteiger partial charge is 0.0501 e. The molecule has 1 atom stereocenters. The molecule has 0 saturated heterocycles. The van der Waals surface area contributed by atoms with Crippen molar-refractivity contribution < 1.29 is 0 Å². The van der Waals surface area contributed by atoms with Crippen LogP contribution in [0.15, 0.2) is 180 Å². The molecule has 50 heavy (non-hydrogen) atoms. The molecule has 0 aromatic heterocycles. The van der Waals surface area contributed by atoms with E-state index in [0.717, 1.165) is 24.2 Å². The van der Waals surface area contributed by atoms with Gasteiger partial charge in [-0.1, -0.05) is 171 Å². The van der Waals surface area contributed by atoms with Gasteiger partial charge >= 0.3 is 0 Å². The van der Waals surface area contributed by atoms with Crippen LogP contribution in [0.25, 0.3) is 49.7 Å². The lowest BCUT2D eigenvalue weighted by molar-refractivity contribution is 0.640. The Labute approximate surface area is 300 Å². The predicted octanol–water partition coefficient (Wildman–Crippen LogP) is 13.5. The molecule has 0 saturated carbocycles. The largest absolute Gasteiger partial charge is 0.0987 e. The van der Waals surface area contributed by atoms with Crippen molar-refractivity contribution in [2.45, 2.75) is 31.6 Å². The molecule has 3 aliphatic carbocycles. The second-order valence-corrected chi connectivity index (χ2v) is 14.6. The first kappa shape index (κ1) is 30.7. The summed E-state index contributed by atoms with van der Waals surface area (Å²) in [6.45, 7) is 10.9. The summed E-state index contributed by atoms with van der Waals surface area (Å²) in [4.78, 5) is 2.24. The number of thioether (sulfide) groups is 1. The zero-order chi connectivity index (χ0) is 33.8. The Balaban J connectivity index is 1.34. The minimum atomic E-state index is -0.368. The van der Waals surface area contributed by atoms with Crippen LogP contribution < -0.4 is 0 Å². The Morgan fingerprint density at radius 2 is 1.38 bits per heavy atom.